The Bertz CT molecular complexity index is 848. The van der Waals surface area contributed by atoms with E-state index >= 15 is 0 Å². The zero-order valence-electron chi connectivity index (χ0n) is 16.0. The summed E-state index contributed by atoms with van der Waals surface area (Å²) < 4.78 is 5.45. The summed E-state index contributed by atoms with van der Waals surface area (Å²) in [5, 5.41) is 3.76. The van der Waals surface area contributed by atoms with Crippen LogP contribution in [-0.4, -0.2) is 54.8 Å². The molecule has 0 spiro atoms. The van der Waals surface area contributed by atoms with Crippen molar-refractivity contribution >= 4 is 28.2 Å². The first-order chi connectivity index (χ1) is 13.8. The fourth-order valence-electron chi connectivity index (χ4n) is 4.64. The third kappa shape index (κ3) is 3.49. The van der Waals surface area contributed by atoms with Crippen LogP contribution >= 0.6 is 11.3 Å². The third-order valence-corrected chi connectivity index (χ3v) is 7.18. The summed E-state index contributed by atoms with van der Waals surface area (Å²) in [7, 11) is 0. The third-order valence-electron chi connectivity index (χ3n) is 6.10. The molecule has 148 valence electrons. The molecule has 1 atom stereocenters. The Morgan fingerprint density at radius 1 is 1.21 bits per heavy atom. The lowest BCUT2D eigenvalue weighted by molar-refractivity contribution is 0.0860. The average molecular weight is 399 g/mol. The average Bonchev–Trinajstić information content (AvgIpc) is 3.27. The van der Waals surface area contributed by atoms with Crippen LogP contribution in [0.4, 0.5) is 15.6 Å². The van der Waals surface area contributed by atoms with Crippen molar-refractivity contribution in [3.05, 3.63) is 40.9 Å². The quantitative estimate of drug-likeness (QED) is 0.838. The van der Waals surface area contributed by atoms with E-state index in [4.69, 9.17) is 4.74 Å². The number of carbonyl (C=O) groups excluding carboxylic acids is 1. The van der Waals surface area contributed by atoms with Crippen molar-refractivity contribution in [3.63, 3.8) is 0 Å². The molecular weight excluding hydrogens is 372 g/mol. The van der Waals surface area contributed by atoms with Crippen LogP contribution in [0.2, 0.25) is 0 Å². The van der Waals surface area contributed by atoms with Gasteiger partial charge in [-0.15, -0.1) is 11.3 Å². The van der Waals surface area contributed by atoms with Crippen LogP contribution in [0.3, 0.4) is 0 Å². The maximum atomic E-state index is 12.9. The van der Waals surface area contributed by atoms with Gasteiger partial charge in [0.25, 0.3) is 0 Å². The number of anilines is 2. The minimum absolute atomic E-state index is 0.0225. The normalized spacial score (nSPS) is 22.5. The van der Waals surface area contributed by atoms with Crippen molar-refractivity contribution < 1.29 is 9.53 Å². The van der Waals surface area contributed by atoms with E-state index < -0.39 is 0 Å². The number of nitrogens with one attached hydrogen (secondary N) is 1. The smallest absolute Gasteiger partial charge is 0.323 e. The number of aromatic nitrogens is 1. The number of hydrogen-bond donors (Lipinski definition) is 1. The predicted molar refractivity (Wildman–Crippen MR) is 111 cm³/mol. The Labute approximate surface area is 169 Å². The monoisotopic (exact) mass is 398 g/mol. The molecule has 2 saturated heterocycles. The predicted octanol–water partition coefficient (Wildman–Crippen LogP) is 3.71. The van der Waals surface area contributed by atoms with E-state index in [-0.39, 0.29) is 6.03 Å². The molecule has 1 aromatic heterocycles. The van der Waals surface area contributed by atoms with E-state index in [0.717, 1.165) is 58.5 Å². The number of para-hydroxylation sites is 1. The molecule has 0 aliphatic carbocycles. The van der Waals surface area contributed by atoms with Crippen molar-refractivity contribution in [2.24, 2.45) is 0 Å². The molecule has 7 heteroatoms. The molecule has 5 rings (SSSR count). The molecule has 2 fully saturated rings. The minimum atomic E-state index is -0.0225. The molecular formula is C21H26N4O2S. The second-order valence-corrected chi connectivity index (χ2v) is 8.93. The Hall–Kier alpha value is -2.12. The summed E-state index contributed by atoms with van der Waals surface area (Å²) in [6.45, 7) is 4.20. The first kappa shape index (κ1) is 17.9. The van der Waals surface area contributed by atoms with Gasteiger partial charge in [0.05, 0.1) is 6.04 Å². The summed E-state index contributed by atoms with van der Waals surface area (Å²) in [5.41, 5.74) is 2.74. The zero-order chi connectivity index (χ0) is 18.9. The van der Waals surface area contributed by atoms with Crippen molar-refractivity contribution in [2.75, 3.05) is 43.1 Å². The van der Waals surface area contributed by atoms with Crippen LogP contribution < -0.4 is 10.2 Å². The van der Waals surface area contributed by atoms with Crippen molar-refractivity contribution in [1.82, 2.24) is 9.88 Å². The van der Waals surface area contributed by atoms with Crippen molar-refractivity contribution in [3.8, 4) is 0 Å². The Morgan fingerprint density at radius 2 is 2.07 bits per heavy atom. The highest BCUT2D eigenvalue weighted by molar-refractivity contribution is 7.15. The topological polar surface area (TPSA) is 57.7 Å². The number of benzene rings is 1. The number of ether oxygens (including phenoxy) is 1. The molecule has 0 radical (unpaired) electrons. The van der Waals surface area contributed by atoms with Gasteiger partial charge in [0.2, 0.25) is 0 Å². The van der Waals surface area contributed by atoms with E-state index in [9.17, 15) is 4.79 Å². The summed E-state index contributed by atoms with van der Waals surface area (Å²) in [4.78, 5) is 23.1. The number of rotatable bonds is 2. The highest BCUT2D eigenvalue weighted by Crippen LogP contribution is 2.35. The largest absolute Gasteiger partial charge is 0.381 e. The second-order valence-electron chi connectivity index (χ2n) is 7.86. The van der Waals surface area contributed by atoms with Gasteiger partial charge in [-0.2, -0.15) is 0 Å². The molecule has 1 aromatic carbocycles. The number of hydrogen-bond acceptors (Lipinski definition) is 5. The van der Waals surface area contributed by atoms with Crippen LogP contribution in [0.15, 0.2) is 30.5 Å². The molecule has 1 N–H and O–H groups in total. The van der Waals surface area contributed by atoms with Gasteiger partial charge in [0.15, 0.2) is 5.13 Å². The van der Waals surface area contributed by atoms with Crippen LogP contribution in [-0.2, 0) is 11.2 Å². The molecule has 2 amide bonds. The van der Waals surface area contributed by atoms with Gasteiger partial charge in [-0.05, 0) is 43.2 Å². The van der Waals surface area contributed by atoms with Crippen LogP contribution in [0.25, 0.3) is 0 Å². The summed E-state index contributed by atoms with van der Waals surface area (Å²) in [6, 6.07) is 8.98. The lowest BCUT2D eigenvalue weighted by Crippen LogP contribution is -2.43. The Morgan fingerprint density at radius 3 is 2.96 bits per heavy atom. The zero-order valence-corrected chi connectivity index (χ0v) is 16.8. The van der Waals surface area contributed by atoms with E-state index in [1.165, 1.54) is 16.1 Å². The van der Waals surface area contributed by atoms with Crippen molar-refractivity contribution in [2.45, 2.75) is 37.6 Å². The first-order valence-electron chi connectivity index (χ1n) is 10.2. The molecule has 0 unspecified atom stereocenters. The maximum Gasteiger partial charge on any atom is 0.323 e. The number of amides is 2. The standard InChI is InChI=1S/C21H26N4O2S/c26-21(23-20-22-13-19(28-20)15-6-10-27-11-7-15)24-8-3-9-25-17(14-24)12-16-4-1-2-5-18(16)25/h1-2,4-5,13,15,17H,3,6-12,14H2,(H,22,23,26)/t17-/m1/s1. The SMILES string of the molecule is O=C(Nc1ncc(C2CCOCC2)s1)N1CCCN2c3ccccc3C[C@@H]2C1. The molecule has 0 saturated carbocycles. The molecule has 2 aromatic rings. The molecule has 3 aliphatic rings. The van der Waals surface area contributed by atoms with Gasteiger partial charge in [-0.25, -0.2) is 9.78 Å². The van der Waals surface area contributed by atoms with Crippen LogP contribution in [0, 0.1) is 0 Å². The fraction of sp³-hybridized carbons (Fsp3) is 0.524. The van der Waals surface area contributed by atoms with Gasteiger partial charge >= 0.3 is 6.03 Å². The fourth-order valence-corrected chi connectivity index (χ4v) is 5.61. The highest BCUT2D eigenvalue weighted by atomic mass is 32.1. The molecule has 28 heavy (non-hydrogen) atoms. The van der Waals surface area contributed by atoms with Crippen LogP contribution in [0.5, 0.6) is 0 Å². The summed E-state index contributed by atoms with van der Waals surface area (Å²) >= 11 is 1.61. The number of thiazole rings is 1. The van der Waals surface area contributed by atoms with Gasteiger partial charge in [0, 0.05) is 49.6 Å². The second kappa shape index (κ2) is 7.72. The Kier molecular flexibility index (Phi) is 4.94. The summed E-state index contributed by atoms with van der Waals surface area (Å²) in [6.07, 6.45) is 6.02. The van der Waals surface area contributed by atoms with Gasteiger partial charge in [-0.3, -0.25) is 5.32 Å². The number of carbonyl (C=O) groups is 1. The minimum Gasteiger partial charge on any atom is -0.381 e. The Balaban J connectivity index is 1.23. The van der Waals surface area contributed by atoms with E-state index in [1.54, 1.807) is 11.3 Å². The maximum absolute atomic E-state index is 12.9. The highest BCUT2D eigenvalue weighted by Gasteiger charge is 2.33. The van der Waals surface area contributed by atoms with Crippen molar-refractivity contribution in [1.29, 1.82) is 0 Å². The van der Waals surface area contributed by atoms with E-state index in [2.05, 4.69) is 39.5 Å². The molecule has 0 bridgehead atoms. The summed E-state index contributed by atoms with van der Waals surface area (Å²) in [5.74, 6) is 0.514. The van der Waals surface area contributed by atoms with Gasteiger partial charge in [0.1, 0.15) is 0 Å². The van der Waals surface area contributed by atoms with Gasteiger partial charge < -0.3 is 14.5 Å². The molecule has 4 heterocycles. The first-order valence-corrected chi connectivity index (χ1v) is 11.0. The number of fused-ring (bicyclic) bond motifs is 3. The van der Waals surface area contributed by atoms with Crippen LogP contribution in [0.1, 0.15) is 35.6 Å². The lowest BCUT2D eigenvalue weighted by Gasteiger charge is -2.27. The molecule has 3 aliphatic heterocycles. The lowest BCUT2D eigenvalue weighted by atomic mass is 9.99. The van der Waals surface area contributed by atoms with Gasteiger partial charge in [-0.1, -0.05) is 18.2 Å². The van der Waals surface area contributed by atoms with E-state index in [0.29, 0.717) is 17.1 Å². The van der Waals surface area contributed by atoms with E-state index in [1.807, 2.05) is 11.1 Å². The molecule has 6 nitrogen and oxygen atoms in total. The number of nitrogens with zero attached hydrogens (tertiary/aromatic N) is 3. The number of urea groups is 1.